The van der Waals surface area contributed by atoms with E-state index in [1.807, 2.05) is 0 Å². The lowest BCUT2D eigenvalue weighted by Crippen LogP contribution is -2.59. The highest BCUT2D eigenvalue weighted by Gasteiger charge is 2.46. The molecule has 0 aromatic rings. The quantitative estimate of drug-likeness (QED) is 0.0202. The van der Waals surface area contributed by atoms with Crippen LogP contribution in [0.2, 0.25) is 0 Å². The number of hydroxylamine groups is 2. The molecule has 0 saturated carbocycles. The average Bonchev–Trinajstić information content (AvgIpc) is 3.84. The number of hydrogen-bond acceptors (Lipinski definition) is 29. The third-order valence-electron chi connectivity index (χ3n) is 13.8. The summed E-state index contributed by atoms with van der Waals surface area (Å²) in [4.78, 5) is 120. The van der Waals surface area contributed by atoms with Crippen molar-refractivity contribution in [3.8, 4) is 0 Å². The Morgan fingerprint density at radius 2 is 0.964 bits per heavy atom. The fraction of sp³-hybridized carbons (Fsp3) is 0.820. The van der Waals surface area contributed by atoms with Gasteiger partial charge in [0.1, 0.15) is 79.0 Å². The van der Waals surface area contributed by atoms with E-state index in [1.54, 1.807) is 0 Å². The van der Waals surface area contributed by atoms with Gasteiger partial charge in [-0.3, -0.25) is 43.3 Å². The van der Waals surface area contributed by atoms with Gasteiger partial charge in [0.05, 0.1) is 71.9 Å². The van der Waals surface area contributed by atoms with Gasteiger partial charge in [-0.25, -0.2) is 4.79 Å². The molecular weight excluding hydrogens is 1130 g/mol. The third kappa shape index (κ3) is 23.1. The molecule has 4 fully saturated rings. The zero-order valence-corrected chi connectivity index (χ0v) is 46.2. The summed E-state index contributed by atoms with van der Waals surface area (Å²) >= 11 is 0. The predicted molar refractivity (Wildman–Crippen MR) is 275 cm³/mol. The number of nitrogens with one attached hydrogen (secondary N) is 4. The maximum Gasteiger partial charge on any atom is 0.333 e. The van der Waals surface area contributed by atoms with Crippen LogP contribution in [0.15, 0.2) is 0 Å². The normalized spacial score (nSPS) is 29.3. The number of carbonyl (C=O) groups excluding carboxylic acids is 9. The first-order valence-electron chi connectivity index (χ1n) is 27.7. The number of hydrogen-bond donors (Lipinski definition) is 16. The minimum Gasteiger partial charge on any atom is -0.394 e. The number of rotatable bonds is 38. The van der Waals surface area contributed by atoms with Crippen molar-refractivity contribution in [1.29, 1.82) is 0 Å². The van der Waals surface area contributed by atoms with E-state index in [9.17, 15) is 104 Å². The van der Waals surface area contributed by atoms with Gasteiger partial charge in [-0.15, -0.1) is 5.06 Å². The first-order valence-corrected chi connectivity index (χ1v) is 27.7. The lowest BCUT2D eigenvalue weighted by molar-refractivity contribution is -0.301. The van der Waals surface area contributed by atoms with E-state index < -0.39 is 191 Å². The van der Waals surface area contributed by atoms with Crippen LogP contribution in [0, 0.1) is 0 Å². The standard InChI is InChI=1S/C50H82N6O28/c57-23-29-39(69)42(72)45(75)48(81-29)78-16-5-7-26(60)20-55(21-34(64)52-15-18-80-50-47(77)44(74)41(71)31(25-59)83-50)22-35(65)53-19-33(63)54-27(28(61)9-6-17-79-49-46(76)43(73)40(70)30(24-58)82-49)8-3-4-14-51-32(62)10-1-2-11-38(68)84-56-36(66)12-13-37(56)67/h27,29-31,39-50,57-59,69-77H,1-25H2,(H,51,62)(H,52,64)(H,53,65)(H,54,63)/t27-,29+,30+,31+,39+,40+,41+,42-,43-,44-,45+,46+,47+,48+,49+,50+/m0/s1. The summed E-state index contributed by atoms with van der Waals surface area (Å²) in [6, 6.07) is -1.16. The average molecular weight is 1220 g/mol. The number of imide groups is 1. The molecule has 84 heavy (non-hydrogen) atoms. The molecule has 480 valence electrons. The largest absolute Gasteiger partial charge is 0.394 e. The molecule has 34 heteroatoms. The maximum atomic E-state index is 13.6. The number of Topliss-reactive ketones (excluding diaryl/α,β-unsaturated/α-hetero) is 2. The van der Waals surface area contributed by atoms with E-state index in [0.717, 1.165) is 4.90 Å². The van der Waals surface area contributed by atoms with E-state index in [2.05, 4.69) is 21.3 Å². The van der Waals surface area contributed by atoms with E-state index in [-0.39, 0.29) is 116 Å². The Hall–Kier alpha value is -4.93. The van der Waals surface area contributed by atoms with Crippen molar-refractivity contribution >= 4 is 53.0 Å². The number of carbonyl (C=O) groups is 9. The predicted octanol–water partition coefficient (Wildman–Crippen LogP) is -9.39. The second-order valence-corrected chi connectivity index (χ2v) is 20.4. The molecule has 4 saturated heterocycles. The minimum atomic E-state index is -1.72. The molecule has 0 bridgehead atoms. The lowest BCUT2D eigenvalue weighted by atomic mass is 9.99. The number of aliphatic hydroxyl groups is 12. The van der Waals surface area contributed by atoms with Crippen LogP contribution < -0.4 is 21.3 Å². The molecule has 0 aliphatic carbocycles. The molecule has 0 unspecified atom stereocenters. The van der Waals surface area contributed by atoms with Crippen molar-refractivity contribution in [2.45, 2.75) is 182 Å². The highest BCUT2D eigenvalue weighted by Crippen LogP contribution is 2.25. The molecule has 4 aliphatic heterocycles. The maximum absolute atomic E-state index is 13.6. The number of unbranched alkanes of at least 4 members (excludes halogenated alkanes) is 2. The summed E-state index contributed by atoms with van der Waals surface area (Å²) in [5, 5.41) is 130. The Bertz CT molecular complexity index is 2050. The first-order chi connectivity index (χ1) is 40.0. The topological polar surface area (TPSA) is 516 Å². The molecule has 16 N–H and O–H groups in total. The van der Waals surface area contributed by atoms with E-state index >= 15 is 0 Å². The Balaban J connectivity index is 1.30. The Labute approximate surface area is 481 Å². The van der Waals surface area contributed by atoms with E-state index in [1.165, 1.54) is 0 Å². The van der Waals surface area contributed by atoms with Crippen molar-refractivity contribution in [2.75, 3.05) is 78.9 Å². The van der Waals surface area contributed by atoms with Crippen molar-refractivity contribution in [1.82, 2.24) is 31.2 Å². The van der Waals surface area contributed by atoms with Gasteiger partial charge in [-0.2, -0.15) is 0 Å². The van der Waals surface area contributed by atoms with Crippen LogP contribution in [0.1, 0.15) is 83.5 Å². The van der Waals surface area contributed by atoms with Crippen LogP contribution in [-0.2, 0) is 76.4 Å². The van der Waals surface area contributed by atoms with Gasteiger partial charge >= 0.3 is 5.97 Å². The molecule has 0 aromatic heterocycles. The Morgan fingerprint density at radius 1 is 0.500 bits per heavy atom. The Kier molecular flexibility index (Phi) is 31.4. The first kappa shape index (κ1) is 71.6. The number of aliphatic hydroxyl groups excluding tert-OH is 12. The fourth-order valence-corrected chi connectivity index (χ4v) is 8.97. The third-order valence-corrected chi connectivity index (χ3v) is 13.8. The van der Waals surface area contributed by atoms with Crippen LogP contribution in [0.3, 0.4) is 0 Å². The second-order valence-electron chi connectivity index (χ2n) is 20.4. The van der Waals surface area contributed by atoms with E-state index in [0.29, 0.717) is 11.5 Å². The molecule has 0 spiro atoms. The number of nitrogens with zero attached hydrogens (tertiary/aromatic N) is 2. The number of ketones is 2. The fourth-order valence-electron chi connectivity index (χ4n) is 8.97. The molecule has 4 aliphatic rings. The van der Waals surface area contributed by atoms with Crippen LogP contribution in [0.25, 0.3) is 0 Å². The summed E-state index contributed by atoms with van der Waals surface area (Å²) in [7, 11) is 0. The van der Waals surface area contributed by atoms with Gasteiger partial charge in [-0.1, -0.05) is 0 Å². The summed E-state index contributed by atoms with van der Waals surface area (Å²) in [5.74, 6) is -5.86. The molecule has 4 rings (SSSR count). The molecular formula is C50H82N6O28. The number of ether oxygens (including phenoxy) is 6. The van der Waals surface area contributed by atoms with Crippen LogP contribution in [0.5, 0.6) is 0 Å². The molecule has 0 radical (unpaired) electrons. The molecule has 6 amide bonds. The molecule has 34 nitrogen and oxygen atoms in total. The van der Waals surface area contributed by atoms with Gasteiger partial charge in [0, 0.05) is 51.6 Å². The van der Waals surface area contributed by atoms with Crippen LogP contribution in [0.4, 0.5) is 0 Å². The summed E-state index contributed by atoms with van der Waals surface area (Å²) in [5.41, 5.74) is 0. The van der Waals surface area contributed by atoms with Crippen LogP contribution >= 0.6 is 0 Å². The second kappa shape index (κ2) is 36.9. The van der Waals surface area contributed by atoms with Gasteiger partial charge in [0.2, 0.25) is 23.6 Å². The van der Waals surface area contributed by atoms with Crippen molar-refractivity contribution in [2.24, 2.45) is 0 Å². The van der Waals surface area contributed by atoms with Gasteiger partial charge in [0.25, 0.3) is 11.8 Å². The summed E-state index contributed by atoms with van der Waals surface area (Å²) < 4.78 is 32.2. The van der Waals surface area contributed by atoms with Crippen molar-refractivity contribution < 1.29 is 138 Å². The minimum absolute atomic E-state index is 0.00206. The zero-order chi connectivity index (χ0) is 62.0. The summed E-state index contributed by atoms with van der Waals surface area (Å²) in [6.45, 7) is -5.44. The van der Waals surface area contributed by atoms with Crippen LogP contribution in [-0.4, -0.2) is 301 Å². The lowest BCUT2D eigenvalue weighted by Gasteiger charge is -2.39. The molecule has 4 heterocycles. The molecule has 0 aromatic carbocycles. The molecule has 16 atom stereocenters. The number of amides is 6. The Morgan fingerprint density at radius 3 is 1.48 bits per heavy atom. The highest BCUT2D eigenvalue weighted by atomic mass is 16.7. The highest BCUT2D eigenvalue weighted by molar-refractivity contribution is 6.01. The van der Waals surface area contributed by atoms with Crippen molar-refractivity contribution in [3.05, 3.63) is 0 Å². The summed E-state index contributed by atoms with van der Waals surface area (Å²) in [6.07, 6.45) is -22.9. The van der Waals surface area contributed by atoms with Gasteiger partial charge < -0.3 is 116 Å². The van der Waals surface area contributed by atoms with Crippen molar-refractivity contribution in [3.63, 3.8) is 0 Å². The van der Waals surface area contributed by atoms with E-state index in [4.69, 9.17) is 33.3 Å². The smallest absolute Gasteiger partial charge is 0.333 e. The van der Waals surface area contributed by atoms with Gasteiger partial charge in [-0.05, 0) is 44.9 Å². The SMILES string of the molecule is O=C(CCCO[C@@H]1O[C@H](CO)[C@@H](O)[C@H](O)[C@H]1O)CN(CC(=O)NCCO[C@@H]1O[C@H](CO)[C@@H](O)[C@H](O)[C@H]1O)CC(=O)NCC(=O)N[C@@H](CCCCNC(=O)CCCCC(=O)ON1C(=O)CCC1=O)C(=O)CCCO[C@@H]1O[C@H](CO)[C@@H](O)[C@H](O)[C@H]1O. The zero-order valence-electron chi connectivity index (χ0n) is 46.2. The monoisotopic (exact) mass is 1210 g/mol. The van der Waals surface area contributed by atoms with Gasteiger partial charge in [0.15, 0.2) is 24.7 Å².